The highest BCUT2D eigenvalue weighted by Gasteiger charge is 2.28. The van der Waals surface area contributed by atoms with E-state index < -0.39 is 0 Å². The van der Waals surface area contributed by atoms with Gasteiger partial charge in [0.15, 0.2) is 0 Å². The van der Waals surface area contributed by atoms with Gasteiger partial charge in [0.25, 0.3) is 0 Å². The molecule has 2 N–H and O–H groups in total. The van der Waals surface area contributed by atoms with Crippen molar-refractivity contribution in [2.45, 2.75) is 64.6 Å². The van der Waals surface area contributed by atoms with Crippen molar-refractivity contribution in [2.24, 2.45) is 5.73 Å². The highest BCUT2D eigenvalue weighted by molar-refractivity contribution is 4.86. The molecule has 0 radical (unpaired) electrons. The SMILES string of the molecule is CCCC(N)C(CC)N1CCCN(C)CC1C. The monoisotopic (exact) mass is 241 g/mol. The number of nitrogens with two attached hydrogens (primary N) is 1. The zero-order valence-electron chi connectivity index (χ0n) is 12.2. The molecule has 0 amide bonds. The number of rotatable bonds is 5. The van der Waals surface area contributed by atoms with Crippen molar-refractivity contribution >= 4 is 0 Å². The van der Waals surface area contributed by atoms with Crippen molar-refractivity contribution in [3.05, 3.63) is 0 Å². The van der Waals surface area contributed by atoms with Gasteiger partial charge in [-0.05, 0) is 39.8 Å². The molecule has 0 saturated carbocycles. The van der Waals surface area contributed by atoms with E-state index in [2.05, 4.69) is 37.6 Å². The van der Waals surface area contributed by atoms with Crippen LogP contribution in [0.5, 0.6) is 0 Å². The maximum atomic E-state index is 6.36. The van der Waals surface area contributed by atoms with Gasteiger partial charge in [-0.2, -0.15) is 0 Å². The molecule has 0 aromatic rings. The Kier molecular flexibility index (Phi) is 6.45. The summed E-state index contributed by atoms with van der Waals surface area (Å²) in [4.78, 5) is 5.10. The van der Waals surface area contributed by atoms with Crippen molar-refractivity contribution in [3.8, 4) is 0 Å². The first kappa shape index (κ1) is 14.9. The number of likely N-dealkylation sites (N-methyl/N-ethyl adjacent to an activating group) is 1. The molecule has 3 atom stereocenters. The molecule has 1 aliphatic rings. The van der Waals surface area contributed by atoms with Crippen LogP contribution in [0.25, 0.3) is 0 Å². The number of nitrogens with zero attached hydrogens (tertiary/aromatic N) is 2. The normalized spacial score (nSPS) is 27.7. The van der Waals surface area contributed by atoms with Crippen LogP contribution in [0, 0.1) is 0 Å². The van der Waals surface area contributed by atoms with Gasteiger partial charge in [-0.25, -0.2) is 0 Å². The van der Waals surface area contributed by atoms with Gasteiger partial charge in [0.05, 0.1) is 0 Å². The maximum Gasteiger partial charge on any atom is 0.0247 e. The molecular formula is C14H31N3. The lowest BCUT2D eigenvalue weighted by Gasteiger charge is -2.38. The summed E-state index contributed by atoms with van der Waals surface area (Å²) in [5, 5.41) is 0. The Hall–Kier alpha value is -0.120. The van der Waals surface area contributed by atoms with E-state index in [4.69, 9.17) is 5.73 Å². The van der Waals surface area contributed by atoms with Crippen LogP contribution in [-0.2, 0) is 0 Å². The lowest BCUT2D eigenvalue weighted by Crippen LogP contribution is -2.52. The summed E-state index contributed by atoms with van der Waals surface area (Å²) in [7, 11) is 2.23. The average Bonchev–Trinajstić information content (AvgIpc) is 2.42. The largest absolute Gasteiger partial charge is 0.326 e. The molecule has 3 heteroatoms. The molecule has 1 saturated heterocycles. The average molecular weight is 241 g/mol. The van der Waals surface area contributed by atoms with Gasteiger partial charge in [-0.1, -0.05) is 20.3 Å². The third-order valence-electron chi connectivity index (χ3n) is 4.06. The zero-order chi connectivity index (χ0) is 12.8. The lowest BCUT2D eigenvalue weighted by molar-refractivity contribution is 0.117. The van der Waals surface area contributed by atoms with Crippen molar-refractivity contribution in [2.75, 3.05) is 26.7 Å². The van der Waals surface area contributed by atoms with Gasteiger partial charge in [0, 0.05) is 31.2 Å². The molecule has 0 spiro atoms. The Labute approximate surface area is 107 Å². The van der Waals surface area contributed by atoms with Gasteiger partial charge in [0.2, 0.25) is 0 Å². The third-order valence-corrected chi connectivity index (χ3v) is 4.06. The van der Waals surface area contributed by atoms with Gasteiger partial charge in [-0.15, -0.1) is 0 Å². The Morgan fingerprint density at radius 1 is 1.29 bits per heavy atom. The zero-order valence-corrected chi connectivity index (χ0v) is 12.2. The van der Waals surface area contributed by atoms with Crippen LogP contribution in [0.4, 0.5) is 0 Å². The Bertz CT molecular complexity index is 208. The number of hydrogen-bond acceptors (Lipinski definition) is 3. The quantitative estimate of drug-likeness (QED) is 0.798. The Balaban J connectivity index is 2.65. The van der Waals surface area contributed by atoms with Crippen LogP contribution in [-0.4, -0.2) is 54.6 Å². The molecule has 3 unspecified atom stereocenters. The smallest absolute Gasteiger partial charge is 0.0247 e. The minimum atomic E-state index is 0.343. The van der Waals surface area contributed by atoms with Crippen molar-refractivity contribution in [1.82, 2.24) is 9.80 Å². The summed E-state index contributed by atoms with van der Waals surface area (Å²) in [6, 6.07) is 1.54. The van der Waals surface area contributed by atoms with E-state index in [0.29, 0.717) is 18.1 Å². The van der Waals surface area contributed by atoms with Gasteiger partial charge < -0.3 is 10.6 Å². The third kappa shape index (κ3) is 4.23. The molecule has 1 fully saturated rings. The van der Waals surface area contributed by atoms with E-state index >= 15 is 0 Å². The van der Waals surface area contributed by atoms with E-state index in [0.717, 1.165) is 6.42 Å². The van der Waals surface area contributed by atoms with E-state index in [-0.39, 0.29) is 0 Å². The van der Waals surface area contributed by atoms with Crippen LogP contribution in [0.3, 0.4) is 0 Å². The summed E-state index contributed by atoms with van der Waals surface area (Å²) in [6.07, 6.45) is 4.79. The van der Waals surface area contributed by atoms with Crippen LogP contribution < -0.4 is 5.73 Å². The molecule has 0 bridgehead atoms. The first-order chi connectivity index (χ1) is 8.10. The van der Waals surface area contributed by atoms with Gasteiger partial charge in [0.1, 0.15) is 0 Å². The van der Waals surface area contributed by atoms with Crippen LogP contribution in [0.2, 0.25) is 0 Å². The van der Waals surface area contributed by atoms with Gasteiger partial charge >= 0.3 is 0 Å². The molecule has 0 aliphatic carbocycles. The number of hydrogen-bond donors (Lipinski definition) is 1. The second-order valence-electron chi connectivity index (χ2n) is 5.63. The fraction of sp³-hybridized carbons (Fsp3) is 1.00. The molecule has 3 nitrogen and oxygen atoms in total. The lowest BCUT2D eigenvalue weighted by atomic mass is 9.98. The molecule has 1 rings (SSSR count). The summed E-state index contributed by atoms with van der Waals surface area (Å²) in [5.41, 5.74) is 6.36. The molecule has 17 heavy (non-hydrogen) atoms. The maximum absolute atomic E-state index is 6.36. The molecule has 102 valence electrons. The van der Waals surface area contributed by atoms with Crippen molar-refractivity contribution in [3.63, 3.8) is 0 Å². The van der Waals surface area contributed by atoms with Crippen molar-refractivity contribution in [1.29, 1.82) is 0 Å². The van der Waals surface area contributed by atoms with Crippen molar-refractivity contribution < 1.29 is 0 Å². The topological polar surface area (TPSA) is 32.5 Å². The fourth-order valence-electron chi connectivity index (χ4n) is 3.19. The minimum absolute atomic E-state index is 0.343. The molecule has 0 aromatic heterocycles. The summed E-state index contributed by atoms with van der Waals surface area (Å²) in [6.45, 7) is 10.5. The predicted molar refractivity (Wildman–Crippen MR) is 75.2 cm³/mol. The predicted octanol–water partition coefficient (Wildman–Crippen LogP) is 1.92. The Morgan fingerprint density at radius 2 is 2.00 bits per heavy atom. The van der Waals surface area contributed by atoms with E-state index in [9.17, 15) is 0 Å². The highest BCUT2D eigenvalue weighted by atomic mass is 15.3. The van der Waals surface area contributed by atoms with Crippen LogP contribution in [0.1, 0.15) is 46.5 Å². The standard InChI is InChI=1S/C14H31N3/c1-5-8-13(15)14(6-2)17-10-7-9-16(4)11-12(17)3/h12-14H,5-11,15H2,1-4H3. The van der Waals surface area contributed by atoms with Crippen LogP contribution in [0.15, 0.2) is 0 Å². The molecule has 0 aromatic carbocycles. The van der Waals surface area contributed by atoms with E-state index in [1.807, 2.05) is 0 Å². The highest BCUT2D eigenvalue weighted by Crippen LogP contribution is 2.18. The van der Waals surface area contributed by atoms with Crippen LogP contribution >= 0.6 is 0 Å². The fourth-order valence-corrected chi connectivity index (χ4v) is 3.19. The molecule has 1 heterocycles. The van der Waals surface area contributed by atoms with E-state index in [1.54, 1.807) is 0 Å². The summed E-state index contributed by atoms with van der Waals surface area (Å²) < 4.78 is 0. The first-order valence-electron chi connectivity index (χ1n) is 7.30. The van der Waals surface area contributed by atoms with Gasteiger partial charge in [-0.3, -0.25) is 4.90 Å². The molecular weight excluding hydrogens is 210 g/mol. The second kappa shape index (κ2) is 7.34. The summed E-state index contributed by atoms with van der Waals surface area (Å²) >= 11 is 0. The molecule has 1 aliphatic heterocycles. The second-order valence-corrected chi connectivity index (χ2v) is 5.63. The Morgan fingerprint density at radius 3 is 2.59 bits per heavy atom. The summed E-state index contributed by atoms with van der Waals surface area (Å²) in [5.74, 6) is 0. The minimum Gasteiger partial charge on any atom is -0.326 e. The first-order valence-corrected chi connectivity index (χ1v) is 7.30. The van der Waals surface area contributed by atoms with E-state index in [1.165, 1.54) is 38.9 Å².